The molecule has 1 saturated heterocycles. The van der Waals surface area contributed by atoms with Gasteiger partial charge in [-0.1, -0.05) is 6.58 Å². The van der Waals surface area contributed by atoms with Crippen molar-refractivity contribution in [3.63, 3.8) is 0 Å². The third-order valence-electron chi connectivity index (χ3n) is 1.95. The number of hydrogen-bond acceptors (Lipinski definition) is 3. The molecule has 1 aliphatic rings. The second kappa shape index (κ2) is 4.99. The Kier molecular flexibility index (Phi) is 3.92. The number of rotatable bonds is 3. The average Bonchev–Trinajstić information content (AvgIpc) is 2.15. The molecule has 0 aromatic carbocycles. The minimum Gasteiger partial charge on any atom is -0.379 e. The predicted octanol–water partition coefficient (Wildman–Crippen LogP) is -0.0316. The van der Waals surface area contributed by atoms with Crippen molar-refractivity contribution in [2.24, 2.45) is 0 Å². The average molecular weight is 184 g/mol. The molecule has 0 bridgehead atoms. The van der Waals surface area contributed by atoms with Crippen LogP contribution in [0.5, 0.6) is 0 Å². The van der Waals surface area contributed by atoms with Gasteiger partial charge in [0.2, 0.25) is 5.91 Å². The van der Waals surface area contributed by atoms with Gasteiger partial charge in [-0.2, -0.15) is 0 Å². The molecule has 1 aliphatic heterocycles. The fraction of sp³-hybridized carbons (Fsp3) is 0.667. The summed E-state index contributed by atoms with van der Waals surface area (Å²) in [4.78, 5) is 13.3. The number of carbonyl (C=O) groups excluding carboxylic acids is 1. The fourth-order valence-electron chi connectivity index (χ4n) is 1.09. The van der Waals surface area contributed by atoms with E-state index in [0.717, 1.165) is 26.3 Å². The number of amides is 1. The van der Waals surface area contributed by atoms with Gasteiger partial charge in [0, 0.05) is 18.7 Å². The van der Waals surface area contributed by atoms with E-state index in [0.29, 0.717) is 12.2 Å². The zero-order chi connectivity index (χ0) is 9.68. The van der Waals surface area contributed by atoms with Gasteiger partial charge < -0.3 is 10.1 Å². The van der Waals surface area contributed by atoms with E-state index in [1.54, 1.807) is 6.92 Å². The van der Waals surface area contributed by atoms with Crippen LogP contribution in [0.4, 0.5) is 0 Å². The van der Waals surface area contributed by atoms with Crippen LogP contribution in [-0.2, 0) is 9.53 Å². The van der Waals surface area contributed by atoms with Crippen LogP contribution >= 0.6 is 0 Å². The largest absolute Gasteiger partial charge is 0.379 e. The third-order valence-corrected chi connectivity index (χ3v) is 1.95. The Labute approximate surface area is 78.5 Å². The van der Waals surface area contributed by atoms with Gasteiger partial charge in [-0.3, -0.25) is 9.69 Å². The van der Waals surface area contributed by atoms with Crippen molar-refractivity contribution in [2.45, 2.75) is 6.92 Å². The fourth-order valence-corrected chi connectivity index (χ4v) is 1.09. The van der Waals surface area contributed by atoms with Crippen LogP contribution in [0.1, 0.15) is 6.92 Å². The molecular weight excluding hydrogens is 168 g/mol. The second-order valence-corrected chi connectivity index (χ2v) is 3.17. The Morgan fingerprint density at radius 1 is 1.54 bits per heavy atom. The van der Waals surface area contributed by atoms with E-state index in [2.05, 4.69) is 16.8 Å². The van der Waals surface area contributed by atoms with Gasteiger partial charge in [0.1, 0.15) is 0 Å². The highest BCUT2D eigenvalue weighted by Crippen LogP contribution is 1.94. The highest BCUT2D eigenvalue weighted by molar-refractivity contribution is 5.91. The van der Waals surface area contributed by atoms with E-state index >= 15 is 0 Å². The molecule has 1 N–H and O–H groups in total. The standard InChI is InChI=1S/C9H16N2O2/c1-8(2)9(12)10-7-11-3-5-13-6-4-11/h1,3-7H2,2H3,(H,10,12). The first-order valence-corrected chi connectivity index (χ1v) is 4.44. The zero-order valence-corrected chi connectivity index (χ0v) is 8.01. The Bertz CT molecular complexity index is 198. The summed E-state index contributed by atoms with van der Waals surface area (Å²) < 4.78 is 5.18. The topological polar surface area (TPSA) is 41.6 Å². The molecule has 13 heavy (non-hydrogen) atoms. The molecule has 0 radical (unpaired) electrons. The lowest BCUT2D eigenvalue weighted by Gasteiger charge is -2.26. The normalized spacial score (nSPS) is 18.2. The molecule has 4 nitrogen and oxygen atoms in total. The van der Waals surface area contributed by atoms with Crippen molar-refractivity contribution in [1.82, 2.24) is 10.2 Å². The van der Waals surface area contributed by atoms with Crippen molar-refractivity contribution in [1.29, 1.82) is 0 Å². The number of carbonyl (C=O) groups is 1. The summed E-state index contributed by atoms with van der Waals surface area (Å²) in [6, 6.07) is 0. The summed E-state index contributed by atoms with van der Waals surface area (Å²) in [6.07, 6.45) is 0. The summed E-state index contributed by atoms with van der Waals surface area (Å²) in [7, 11) is 0. The molecular formula is C9H16N2O2. The lowest BCUT2D eigenvalue weighted by Crippen LogP contribution is -2.43. The Morgan fingerprint density at radius 3 is 2.69 bits per heavy atom. The predicted molar refractivity (Wildman–Crippen MR) is 50.2 cm³/mol. The molecule has 0 unspecified atom stereocenters. The summed E-state index contributed by atoms with van der Waals surface area (Å²) in [5, 5.41) is 2.78. The van der Waals surface area contributed by atoms with E-state index in [1.807, 2.05) is 0 Å². The van der Waals surface area contributed by atoms with Crippen molar-refractivity contribution in [3.8, 4) is 0 Å². The Morgan fingerprint density at radius 2 is 2.15 bits per heavy atom. The minimum atomic E-state index is -0.0773. The maximum absolute atomic E-state index is 11.1. The van der Waals surface area contributed by atoms with Crippen LogP contribution in [0.3, 0.4) is 0 Å². The quantitative estimate of drug-likeness (QED) is 0.626. The first kappa shape index (κ1) is 10.2. The molecule has 74 valence electrons. The van der Waals surface area contributed by atoms with Gasteiger partial charge in [-0.25, -0.2) is 0 Å². The lowest BCUT2D eigenvalue weighted by molar-refractivity contribution is -0.118. The molecule has 1 heterocycles. The van der Waals surface area contributed by atoms with Crippen molar-refractivity contribution in [3.05, 3.63) is 12.2 Å². The molecule has 0 aliphatic carbocycles. The number of morpholine rings is 1. The van der Waals surface area contributed by atoms with Gasteiger partial charge in [-0.15, -0.1) is 0 Å². The van der Waals surface area contributed by atoms with Crippen LogP contribution in [-0.4, -0.2) is 43.8 Å². The van der Waals surface area contributed by atoms with E-state index in [4.69, 9.17) is 4.74 Å². The number of ether oxygens (including phenoxy) is 1. The molecule has 1 amide bonds. The summed E-state index contributed by atoms with van der Waals surface area (Å²) >= 11 is 0. The smallest absolute Gasteiger partial charge is 0.247 e. The SMILES string of the molecule is C=C(C)C(=O)NCN1CCOCC1. The van der Waals surface area contributed by atoms with Crippen molar-refractivity contribution in [2.75, 3.05) is 33.0 Å². The minimum absolute atomic E-state index is 0.0773. The van der Waals surface area contributed by atoms with Crippen LogP contribution in [0, 0.1) is 0 Å². The third kappa shape index (κ3) is 3.57. The van der Waals surface area contributed by atoms with E-state index in [-0.39, 0.29) is 5.91 Å². The van der Waals surface area contributed by atoms with E-state index in [1.165, 1.54) is 0 Å². The zero-order valence-electron chi connectivity index (χ0n) is 8.01. The lowest BCUT2D eigenvalue weighted by atomic mass is 10.3. The van der Waals surface area contributed by atoms with E-state index in [9.17, 15) is 4.79 Å². The first-order valence-electron chi connectivity index (χ1n) is 4.44. The molecule has 0 spiro atoms. The summed E-state index contributed by atoms with van der Waals surface area (Å²) in [5.41, 5.74) is 0.549. The molecule has 0 aromatic heterocycles. The first-order chi connectivity index (χ1) is 6.20. The van der Waals surface area contributed by atoms with Crippen LogP contribution in [0.15, 0.2) is 12.2 Å². The molecule has 1 rings (SSSR count). The Balaban J connectivity index is 2.17. The second-order valence-electron chi connectivity index (χ2n) is 3.17. The number of nitrogens with one attached hydrogen (secondary N) is 1. The molecule has 0 aromatic rings. The highest BCUT2D eigenvalue weighted by atomic mass is 16.5. The maximum atomic E-state index is 11.1. The van der Waals surface area contributed by atoms with E-state index < -0.39 is 0 Å². The molecule has 1 fully saturated rings. The van der Waals surface area contributed by atoms with Crippen molar-refractivity contribution >= 4 is 5.91 Å². The number of nitrogens with zero attached hydrogens (tertiary/aromatic N) is 1. The van der Waals surface area contributed by atoms with Crippen LogP contribution in [0.25, 0.3) is 0 Å². The molecule has 0 saturated carbocycles. The maximum Gasteiger partial charge on any atom is 0.247 e. The Hall–Kier alpha value is -0.870. The van der Waals surface area contributed by atoms with Gasteiger partial charge in [-0.05, 0) is 6.92 Å². The molecule has 0 atom stereocenters. The van der Waals surface area contributed by atoms with Gasteiger partial charge in [0.25, 0.3) is 0 Å². The molecule has 4 heteroatoms. The van der Waals surface area contributed by atoms with Gasteiger partial charge >= 0.3 is 0 Å². The van der Waals surface area contributed by atoms with Gasteiger partial charge in [0.15, 0.2) is 0 Å². The summed E-state index contributed by atoms with van der Waals surface area (Å²) in [5.74, 6) is -0.0773. The highest BCUT2D eigenvalue weighted by Gasteiger charge is 2.10. The monoisotopic (exact) mass is 184 g/mol. The van der Waals surface area contributed by atoms with Crippen LogP contribution < -0.4 is 5.32 Å². The van der Waals surface area contributed by atoms with Crippen molar-refractivity contribution < 1.29 is 9.53 Å². The van der Waals surface area contributed by atoms with Crippen LogP contribution in [0.2, 0.25) is 0 Å². The van der Waals surface area contributed by atoms with Gasteiger partial charge in [0.05, 0.1) is 19.9 Å². The summed E-state index contributed by atoms with van der Waals surface area (Å²) in [6.45, 7) is 9.14. The number of hydrogen-bond donors (Lipinski definition) is 1.